The predicted octanol–water partition coefficient (Wildman–Crippen LogP) is 3.58. The highest BCUT2D eigenvalue weighted by atomic mass is 16.3. The molecule has 0 aliphatic heterocycles. The van der Waals surface area contributed by atoms with Crippen molar-refractivity contribution in [3.8, 4) is 11.5 Å². The number of rotatable bonds is 8. The lowest BCUT2D eigenvalue weighted by Crippen LogP contribution is -2.42. The van der Waals surface area contributed by atoms with Gasteiger partial charge in [0.05, 0.1) is 6.54 Å². The second kappa shape index (κ2) is 10.3. The van der Waals surface area contributed by atoms with Crippen LogP contribution in [0, 0.1) is 6.92 Å². The standard InChI is InChI=1S/C22H33N5O/c1-4-23-22(24-13-14-27(3)20-7-5-6-8-20)25-15-19-16-28-21(26-19)18-11-9-17(2)10-12-18/h9-12,16,20H,4-8,13-15H2,1-3H3,(H2,23,24,25). The lowest BCUT2D eigenvalue weighted by Gasteiger charge is -2.24. The van der Waals surface area contributed by atoms with E-state index in [1.807, 2.05) is 12.1 Å². The average molecular weight is 384 g/mol. The topological polar surface area (TPSA) is 65.7 Å². The maximum Gasteiger partial charge on any atom is 0.226 e. The van der Waals surface area contributed by atoms with Crippen molar-refractivity contribution in [3.05, 3.63) is 41.8 Å². The van der Waals surface area contributed by atoms with Crippen molar-refractivity contribution >= 4 is 5.96 Å². The Hall–Kier alpha value is -2.34. The van der Waals surface area contributed by atoms with Crippen LogP contribution in [0.3, 0.4) is 0 Å². The van der Waals surface area contributed by atoms with Crippen LogP contribution in [0.25, 0.3) is 11.5 Å². The normalized spacial score (nSPS) is 15.4. The maximum atomic E-state index is 5.62. The van der Waals surface area contributed by atoms with Gasteiger partial charge in [-0.2, -0.15) is 0 Å². The monoisotopic (exact) mass is 383 g/mol. The number of hydrogen-bond acceptors (Lipinski definition) is 4. The molecule has 0 atom stereocenters. The fourth-order valence-corrected chi connectivity index (χ4v) is 3.59. The molecule has 2 N–H and O–H groups in total. The molecule has 1 aromatic heterocycles. The van der Waals surface area contributed by atoms with Crippen LogP contribution < -0.4 is 10.6 Å². The Morgan fingerprint density at radius 2 is 1.96 bits per heavy atom. The molecular formula is C22H33N5O. The Morgan fingerprint density at radius 1 is 1.21 bits per heavy atom. The molecule has 0 amide bonds. The molecule has 2 aromatic rings. The summed E-state index contributed by atoms with van der Waals surface area (Å²) in [5.41, 5.74) is 3.04. The second-order valence-electron chi connectivity index (χ2n) is 7.55. The Labute approximate surface area is 168 Å². The SMILES string of the molecule is CCNC(=NCc1coc(-c2ccc(C)cc2)n1)NCCN(C)C1CCCC1. The van der Waals surface area contributed by atoms with E-state index in [0.29, 0.717) is 12.4 Å². The van der Waals surface area contributed by atoms with Gasteiger partial charge in [-0.15, -0.1) is 0 Å². The number of likely N-dealkylation sites (N-methyl/N-ethyl adjacent to an activating group) is 1. The summed E-state index contributed by atoms with van der Waals surface area (Å²) in [6.07, 6.45) is 7.10. The van der Waals surface area contributed by atoms with Gasteiger partial charge in [-0.3, -0.25) is 0 Å². The molecule has 1 saturated carbocycles. The van der Waals surface area contributed by atoms with Gasteiger partial charge in [-0.25, -0.2) is 9.98 Å². The van der Waals surface area contributed by atoms with E-state index in [9.17, 15) is 0 Å². The molecule has 1 fully saturated rings. The summed E-state index contributed by atoms with van der Waals surface area (Å²) in [6, 6.07) is 8.93. The number of nitrogens with zero attached hydrogens (tertiary/aromatic N) is 3. The van der Waals surface area contributed by atoms with Crippen molar-refractivity contribution in [2.45, 2.75) is 52.1 Å². The molecule has 1 aromatic carbocycles. The van der Waals surface area contributed by atoms with Gasteiger partial charge in [-0.1, -0.05) is 30.5 Å². The summed E-state index contributed by atoms with van der Waals surface area (Å²) in [6.45, 7) is 7.37. The molecule has 0 unspecified atom stereocenters. The summed E-state index contributed by atoms with van der Waals surface area (Å²) < 4.78 is 5.62. The smallest absolute Gasteiger partial charge is 0.226 e. The number of aryl methyl sites for hydroxylation is 1. The lowest BCUT2D eigenvalue weighted by atomic mass is 10.1. The highest BCUT2D eigenvalue weighted by Gasteiger charge is 2.18. The van der Waals surface area contributed by atoms with Crippen molar-refractivity contribution < 1.29 is 4.42 Å². The Kier molecular flexibility index (Phi) is 7.48. The maximum absolute atomic E-state index is 5.62. The number of oxazole rings is 1. The molecule has 3 rings (SSSR count). The molecule has 0 radical (unpaired) electrons. The van der Waals surface area contributed by atoms with Gasteiger partial charge in [0.25, 0.3) is 0 Å². The van der Waals surface area contributed by atoms with Gasteiger partial charge >= 0.3 is 0 Å². The first kappa shape index (κ1) is 20.4. The van der Waals surface area contributed by atoms with E-state index in [-0.39, 0.29) is 0 Å². The van der Waals surface area contributed by atoms with E-state index in [1.54, 1.807) is 6.26 Å². The van der Waals surface area contributed by atoms with Crippen LogP contribution in [0.15, 0.2) is 39.9 Å². The fourth-order valence-electron chi connectivity index (χ4n) is 3.59. The summed E-state index contributed by atoms with van der Waals surface area (Å²) in [7, 11) is 2.23. The van der Waals surface area contributed by atoms with Gasteiger partial charge in [0.15, 0.2) is 5.96 Å². The minimum absolute atomic E-state index is 0.489. The summed E-state index contributed by atoms with van der Waals surface area (Å²) in [4.78, 5) is 11.7. The zero-order valence-corrected chi connectivity index (χ0v) is 17.4. The number of aromatic nitrogens is 1. The Bertz CT molecular complexity index is 747. The van der Waals surface area contributed by atoms with Crippen molar-refractivity contribution in [1.82, 2.24) is 20.5 Å². The van der Waals surface area contributed by atoms with Crippen LogP contribution in [-0.4, -0.2) is 48.6 Å². The van der Waals surface area contributed by atoms with E-state index in [1.165, 1.54) is 31.2 Å². The largest absolute Gasteiger partial charge is 0.444 e. The van der Waals surface area contributed by atoms with E-state index < -0.39 is 0 Å². The summed E-state index contributed by atoms with van der Waals surface area (Å²) in [5, 5.41) is 6.73. The molecular weight excluding hydrogens is 350 g/mol. The molecule has 1 aliphatic rings. The fraction of sp³-hybridized carbons (Fsp3) is 0.545. The van der Waals surface area contributed by atoms with Gasteiger partial charge < -0.3 is 20.0 Å². The average Bonchev–Trinajstić information content (AvgIpc) is 3.39. The van der Waals surface area contributed by atoms with Gasteiger partial charge in [0, 0.05) is 31.2 Å². The van der Waals surface area contributed by atoms with E-state index in [0.717, 1.165) is 42.9 Å². The van der Waals surface area contributed by atoms with Crippen LogP contribution in [-0.2, 0) is 6.54 Å². The van der Waals surface area contributed by atoms with Crippen LogP contribution in [0.1, 0.15) is 43.9 Å². The highest BCUT2D eigenvalue weighted by Crippen LogP contribution is 2.22. The van der Waals surface area contributed by atoms with Crippen molar-refractivity contribution in [1.29, 1.82) is 0 Å². The molecule has 0 spiro atoms. The number of hydrogen-bond donors (Lipinski definition) is 2. The zero-order valence-electron chi connectivity index (χ0n) is 17.4. The molecule has 152 valence electrons. The lowest BCUT2D eigenvalue weighted by molar-refractivity contribution is 0.249. The van der Waals surface area contributed by atoms with Gasteiger partial charge in [-0.05, 0) is 45.9 Å². The first-order valence-corrected chi connectivity index (χ1v) is 10.4. The minimum Gasteiger partial charge on any atom is -0.444 e. The quantitative estimate of drug-likeness (QED) is 0.539. The number of guanidine groups is 1. The first-order valence-electron chi connectivity index (χ1n) is 10.4. The second-order valence-corrected chi connectivity index (χ2v) is 7.55. The number of benzene rings is 1. The van der Waals surface area contributed by atoms with Crippen LogP contribution >= 0.6 is 0 Å². The first-order chi connectivity index (χ1) is 13.7. The summed E-state index contributed by atoms with van der Waals surface area (Å²) in [5.74, 6) is 1.46. The van der Waals surface area contributed by atoms with Gasteiger partial charge in [0.1, 0.15) is 12.0 Å². The van der Waals surface area contributed by atoms with Gasteiger partial charge in [0.2, 0.25) is 5.89 Å². The Balaban J connectivity index is 1.51. The molecule has 0 bridgehead atoms. The minimum atomic E-state index is 0.489. The molecule has 1 heterocycles. The van der Waals surface area contributed by atoms with E-state index in [2.05, 4.69) is 58.5 Å². The van der Waals surface area contributed by atoms with Crippen molar-refractivity contribution in [2.24, 2.45) is 4.99 Å². The Morgan fingerprint density at radius 3 is 2.68 bits per heavy atom. The van der Waals surface area contributed by atoms with Crippen LogP contribution in [0.4, 0.5) is 0 Å². The highest BCUT2D eigenvalue weighted by molar-refractivity contribution is 5.79. The molecule has 0 saturated heterocycles. The third kappa shape index (κ3) is 5.83. The summed E-state index contributed by atoms with van der Waals surface area (Å²) >= 11 is 0. The molecule has 6 heteroatoms. The predicted molar refractivity (Wildman–Crippen MR) is 114 cm³/mol. The zero-order chi connectivity index (χ0) is 19.8. The van der Waals surface area contributed by atoms with E-state index >= 15 is 0 Å². The van der Waals surface area contributed by atoms with E-state index in [4.69, 9.17) is 4.42 Å². The molecule has 28 heavy (non-hydrogen) atoms. The van der Waals surface area contributed by atoms with Crippen molar-refractivity contribution in [3.63, 3.8) is 0 Å². The third-order valence-corrected chi connectivity index (χ3v) is 5.30. The molecule has 1 aliphatic carbocycles. The number of nitrogens with one attached hydrogen (secondary N) is 2. The van der Waals surface area contributed by atoms with Crippen LogP contribution in [0.5, 0.6) is 0 Å². The molecule has 6 nitrogen and oxygen atoms in total. The van der Waals surface area contributed by atoms with Crippen LogP contribution in [0.2, 0.25) is 0 Å². The van der Waals surface area contributed by atoms with Crippen molar-refractivity contribution in [2.75, 3.05) is 26.7 Å². The third-order valence-electron chi connectivity index (χ3n) is 5.30. The number of aliphatic imine (C=N–C) groups is 1.